The van der Waals surface area contributed by atoms with E-state index in [1.807, 2.05) is 0 Å². The molecule has 0 bridgehead atoms. The molecule has 1 atom stereocenters. The summed E-state index contributed by atoms with van der Waals surface area (Å²) >= 11 is 0. The number of rotatable bonds is 3. The van der Waals surface area contributed by atoms with Gasteiger partial charge in [-0.3, -0.25) is 0 Å². The van der Waals surface area contributed by atoms with Crippen LogP contribution in [0.4, 0.5) is 0 Å². The summed E-state index contributed by atoms with van der Waals surface area (Å²) in [6.45, 7) is 3.13. The van der Waals surface area contributed by atoms with E-state index in [1.54, 1.807) is 0 Å². The fraction of sp³-hybridized carbons (Fsp3) is 0.294. The second-order valence-corrected chi connectivity index (χ2v) is 5.06. The lowest BCUT2D eigenvalue weighted by Crippen LogP contribution is -2.51. The van der Waals surface area contributed by atoms with Crippen LogP contribution in [0.2, 0.25) is 0 Å². The number of hydrogen-bond acceptors (Lipinski definition) is 2. The standard InChI is InChI=1S/C17H20N2/c1-3-7-14(8-4-1)17(15-9-5-2-6-10-15)16-13-18-11-12-19-16/h1-10,16-19H,11-13H2. The number of piperazine rings is 1. The Kier molecular flexibility index (Phi) is 3.92. The van der Waals surface area contributed by atoms with Crippen LogP contribution in [-0.2, 0) is 0 Å². The molecule has 1 aliphatic rings. The predicted octanol–water partition coefficient (Wildman–Crippen LogP) is 2.38. The molecule has 1 heterocycles. The molecule has 2 N–H and O–H groups in total. The zero-order valence-corrected chi connectivity index (χ0v) is 11.0. The Labute approximate surface area is 114 Å². The predicted molar refractivity (Wildman–Crippen MR) is 79.4 cm³/mol. The topological polar surface area (TPSA) is 24.1 Å². The van der Waals surface area contributed by atoms with Gasteiger partial charge in [0.25, 0.3) is 0 Å². The van der Waals surface area contributed by atoms with E-state index < -0.39 is 0 Å². The molecule has 0 radical (unpaired) electrons. The summed E-state index contributed by atoms with van der Waals surface area (Å²) in [5.41, 5.74) is 2.77. The smallest absolute Gasteiger partial charge is 0.0302 e. The van der Waals surface area contributed by atoms with Crippen LogP contribution in [0.3, 0.4) is 0 Å². The summed E-state index contributed by atoms with van der Waals surface area (Å²) in [6.07, 6.45) is 0. The average Bonchev–Trinajstić information content (AvgIpc) is 2.51. The minimum absolute atomic E-state index is 0.412. The molecule has 1 unspecified atom stereocenters. The lowest BCUT2D eigenvalue weighted by molar-refractivity contribution is 0.389. The van der Waals surface area contributed by atoms with Gasteiger partial charge < -0.3 is 10.6 Å². The van der Waals surface area contributed by atoms with E-state index in [0.717, 1.165) is 19.6 Å². The lowest BCUT2D eigenvalue weighted by atomic mass is 9.84. The molecular formula is C17H20N2. The van der Waals surface area contributed by atoms with Crippen molar-refractivity contribution in [3.05, 3.63) is 71.8 Å². The zero-order chi connectivity index (χ0) is 12.9. The van der Waals surface area contributed by atoms with Crippen molar-refractivity contribution in [3.8, 4) is 0 Å². The highest BCUT2D eigenvalue weighted by atomic mass is 15.1. The Morgan fingerprint density at radius 2 is 1.37 bits per heavy atom. The van der Waals surface area contributed by atoms with Gasteiger partial charge in [0.15, 0.2) is 0 Å². The van der Waals surface area contributed by atoms with E-state index >= 15 is 0 Å². The van der Waals surface area contributed by atoms with E-state index in [9.17, 15) is 0 Å². The molecule has 0 amide bonds. The Morgan fingerprint density at radius 3 is 1.84 bits per heavy atom. The van der Waals surface area contributed by atoms with Crippen molar-refractivity contribution < 1.29 is 0 Å². The molecule has 1 aliphatic heterocycles. The van der Waals surface area contributed by atoms with Crippen molar-refractivity contribution in [2.24, 2.45) is 0 Å². The zero-order valence-electron chi connectivity index (χ0n) is 11.0. The van der Waals surface area contributed by atoms with Crippen LogP contribution in [0.1, 0.15) is 17.0 Å². The summed E-state index contributed by atoms with van der Waals surface area (Å²) in [7, 11) is 0. The van der Waals surface area contributed by atoms with Gasteiger partial charge in [-0.05, 0) is 11.1 Å². The van der Waals surface area contributed by atoms with Gasteiger partial charge >= 0.3 is 0 Å². The first kappa shape index (κ1) is 12.4. The highest BCUT2D eigenvalue weighted by Gasteiger charge is 2.25. The van der Waals surface area contributed by atoms with Gasteiger partial charge in [-0.25, -0.2) is 0 Å². The quantitative estimate of drug-likeness (QED) is 0.876. The maximum Gasteiger partial charge on any atom is 0.0302 e. The van der Waals surface area contributed by atoms with Crippen molar-refractivity contribution in [2.45, 2.75) is 12.0 Å². The minimum Gasteiger partial charge on any atom is -0.314 e. The van der Waals surface area contributed by atoms with E-state index in [1.165, 1.54) is 11.1 Å². The van der Waals surface area contributed by atoms with Crippen molar-refractivity contribution in [1.82, 2.24) is 10.6 Å². The average molecular weight is 252 g/mol. The molecule has 1 saturated heterocycles. The summed E-state index contributed by atoms with van der Waals surface area (Å²) in [4.78, 5) is 0. The van der Waals surface area contributed by atoms with Gasteiger partial charge in [-0.1, -0.05) is 60.7 Å². The number of hydrogen-bond donors (Lipinski definition) is 2. The Bertz CT molecular complexity index is 450. The SMILES string of the molecule is c1ccc(C(c2ccccc2)C2CNCCN2)cc1. The lowest BCUT2D eigenvalue weighted by Gasteiger charge is -2.32. The molecule has 2 nitrogen and oxygen atoms in total. The molecule has 0 aliphatic carbocycles. The van der Waals surface area contributed by atoms with Gasteiger partial charge in [0.05, 0.1) is 0 Å². The third kappa shape index (κ3) is 2.86. The van der Waals surface area contributed by atoms with Crippen LogP contribution in [0.5, 0.6) is 0 Å². The molecule has 0 saturated carbocycles. The minimum atomic E-state index is 0.412. The molecule has 1 fully saturated rings. The Morgan fingerprint density at radius 1 is 0.789 bits per heavy atom. The fourth-order valence-corrected chi connectivity index (χ4v) is 2.89. The van der Waals surface area contributed by atoms with Crippen LogP contribution < -0.4 is 10.6 Å². The first-order chi connectivity index (χ1) is 9.45. The normalized spacial score (nSPS) is 19.5. The molecule has 2 heteroatoms. The van der Waals surface area contributed by atoms with Crippen LogP contribution in [0.25, 0.3) is 0 Å². The molecule has 98 valence electrons. The van der Waals surface area contributed by atoms with Crippen LogP contribution >= 0.6 is 0 Å². The van der Waals surface area contributed by atoms with E-state index in [0.29, 0.717) is 12.0 Å². The first-order valence-electron chi connectivity index (χ1n) is 6.99. The van der Waals surface area contributed by atoms with Crippen LogP contribution in [-0.4, -0.2) is 25.7 Å². The Balaban J connectivity index is 1.96. The molecule has 3 rings (SSSR count). The van der Waals surface area contributed by atoms with Gasteiger partial charge in [0.1, 0.15) is 0 Å². The molecular weight excluding hydrogens is 232 g/mol. The fourth-order valence-electron chi connectivity index (χ4n) is 2.89. The first-order valence-corrected chi connectivity index (χ1v) is 6.99. The van der Waals surface area contributed by atoms with Gasteiger partial charge in [0, 0.05) is 31.6 Å². The maximum atomic E-state index is 3.65. The molecule has 0 spiro atoms. The maximum absolute atomic E-state index is 3.65. The second-order valence-electron chi connectivity index (χ2n) is 5.06. The summed E-state index contributed by atoms with van der Waals surface area (Å²) in [5, 5.41) is 7.15. The second kappa shape index (κ2) is 6.00. The van der Waals surface area contributed by atoms with E-state index in [2.05, 4.69) is 71.3 Å². The van der Waals surface area contributed by atoms with Crippen LogP contribution in [0, 0.1) is 0 Å². The highest BCUT2D eigenvalue weighted by Crippen LogP contribution is 2.28. The molecule has 2 aromatic carbocycles. The summed E-state index contributed by atoms with van der Waals surface area (Å²) in [6, 6.07) is 22.0. The van der Waals surface area contributed by atoms with Crippen molar-refractivity contribution in [3.63, 3.8) is 0 Å². The highest BCUT2D eigenvalue weighted by molar-refractivity contribution is 5.34. The van der Waals surface area contributed by atoms with Crippen molar-refractivity contribution in [1.29, 1.82) is 0 Å². The Hall–Kier alpha value is -1.64. The third-order valence-corrected chi connectivity index (χ3v) is 3.79. The van der Waals surface area contributed by atoms with Crippen molar-refractivity contribution in [2.75, 3.05) is 19.6 Å². The molecule has 19 heavy (non-hydrogen) atoms. The van der Waals surface area contributed by atoms with Crippen molar-refractivity contribution >= 4 is 0 Å². The monoisotopic (exact) mass is 252 g/mol. The van der Waals surface area contributed by atoms with Gasteiger partial charge in [0.2, 0.25) is 0 Å². The number of benzene rings is 2. The van der Waals surface area contributed by atoms with Gasteiger partial charge in [-0.15, -0.1) is 0 Å². The van der Waals surface area contributed by atoms with E-state index in [-0.39, 0.29) is 0 Å². The molecule has 0 aromatic heterocycles. The largest absolute Gasteiger partial charge is 0.314 e. The third-order valence-electron chi connectivity index (χ3n) is 3.79. The number of nitrogens with one attached hydrogen (secondary N) is 2. The van der Waals surface area contributed by atoms with Crippen LogP contribution in [0.15, 0.2) is 60.7 Å². The van der Waals surface area contributed by atoms with E-state index in [4.69, 9.17) is 0 Å². The summed E-state index contributed by atoms with van der Waals surface area (Å²) < 4.78 is 0. The molecule has 2 aromatic rings. The van der Waals surface area contributed by atoms with Gasteiger partial charge in [-0.2, -0.15) is 0 Å². The summed E-state index contributed by atoms with van der Waals surface area (Å²) in [5.74, 6) is 0.412.